The number of benzene rings is 1. The summed E-state index contributed by atoms with van der Waals surface area (Å²) in [6.07, 6.45) is 3.50. The zero-order valence-electron chi connectivity index (χ0n) is 8.74. The van der Waals surface area contributed by atoms with Gasteiger partial charge < -0.3 is 0 Å². The van der Waals surface area contributed by atoms with Gasteiger partial charge in [0.15, 0.2) is 0 Å². The summed E-state index contributed by atoms with van der Waals surface area (Å²) in [5.41, 5.74) is 0. The Morgan fingerprint density at radius 2 is 1.31 bits per heavy atom. The highest BCUT2D eigenvalue weighted by molar-refractivity contribution is 5.09. The average Bonchev–Trinajstić information content (AvgIpc) is 2.72. The number of para-hydroxylation sites is 2. The van der Waals surface area contributed by atoms with Crippen molar-refractivity contribution in [2.24, 2.45) is 9.98 Å². The van der Waals surface area contributed by atoms with Gasteiger partial charge in [-0.2, -0.15) is 0 Å². The van der Waals surface area contributed by atoms with Crippen molar-refractivity contribution in [2.45, 2.75) is 0 Å². The van der Waals surface area contributed by atoms with Gasteiger partial charge >= 0.3 is 0 Å². The zero-order chi connectivity index (χ0) is 11.2. The van der Waals surface area contributed by atoms with Gasteiger partial charge in [-0.3, -0.25) is 4.98 Å². The normalized spacial score (nSPS) is 11.6. The lowest BCUT2D eigenvalue weighted by Crippen LogP contribution is -2.19. The summed E-state index contributed by atoms with van der Waals surface area (Å²) >= 11 is 0. The molecule has 0 N–H and O–H groups in total. The predicted octanol–water partition coefficient (Wildman–Crippen LogP) is 1.49. The van der Waals surface area contributed by atoms with Gasteiger partial charge in [-0.1, -0.05) is 24.8 Å². The second-order valence-electron chi connectivity index (χ2n) is 3.15. The van der Waals surface area contributed by atoms with Gasteiger partial charge in [0.25, 0.3) is 0 Å². The maximum atomic E-state index is 4.09. The first-order chi connectivity index (χ1) is 7.86. The van der Waals surface area contributed by atoms with Crippen LogP contribution in [0.25, 0.3) is 0 Å². The molecule has 0 aliphatic carbocycles. The van der Waals surface area contributed by atoms with Crippen molar-refractivity contribution >= 4 is 0 Å². The lowest BCUT2D eigenvalue weighted by atomic mass is 10.3. The van der Waals surface area contributed by atoms with Gasteiger partial charge in [-0.15, -0.1) is 0 Å². The Hall–Kier alpha value is -2.29. The quantitative estimate of drug-likeness (QED) is 0.647. The Kier molecular flexibility index (Phi) is 3.18. The van der Waals surface area contributed by atoms with Gasteiger partial charge in [0.1, 0.15) is 5.82 Å². The Bertz CT molecular complexity index is 524. The summed E-state index contributed by atoms with van der Waals surface area (Å²) in [6.45, 7) is 3.64. The van der Waals surface area contributed by atoms with E-state index in [1.54, 1.807) is 12.4 Å². The number of hydrogen-bond acceptors (Lipinski definition) is 3. The monoisotopic (exact) mass is 209 g/mol. The molecule has 1 aromatic heterocycles. The number of rotatable bonds is 0. The molecule has 0 saturated heterocycles. The van der Waals surface area contributed by atoms with Crippen LogP contribution in [-0.2, 0) is 0 Å². The molecular formula is C13H11N3. The third-order valence-electron chi connectivity index (χ3n) is 1.95. The van der Waals surface area contributed by atoms with Crippen LogP contribution in [0.3, 0.4) is 0 Å². The maximum Gasteiger partial charge on any atom is 0.146 e. The van der Waals surface area contributed by atoms with Gasteiger partial charge in [0.05, 0.1) is 10.7 Å². The van der Waals surface area contributed by atoms with Crippen LogP contribution < -0.4 is 10.7 Å². The molecule has 2 heterocycles. The topological polar surface area (TPSA) is 37.6 Å². The fraction of sp³-hybridized carbons (Fsp3) is 0. The van der Waals surface area contributed by atoms with Crippen molar-refractivity contribution in [3.63, 3.8) is 0 Å². The van der Waals surface area contributed by atoms with Gasteiger partial charge in [-0.05, 0) is 24.3 Å². The van der Waals surface area contributed by atoms with Crippen LogP contribution >= 0.6 is 0 Å². The SMILES string of the molecule is C=C1N=c2ccccc2=N1.c1ccncc1. The molecule has 3 heteroatoms. The predicted molar refractivity (Wildman–Crippen MR) is 62.1 cm³/mol. The second-order valence-corrected chi connectivity index (χ2v) is 3.15. The van der Waals surface area contributed by atoms with Crippen molar-refractivity contribution < 1.29 is 0 Å². The van der Waals surface area contributed by atoms with E-state index in [9.17, 15) is 0 Å². The summed E-state index contributed by atoms with van der Waals surface area (Å²) in [6, 6.07) is 13.5. The summed E-state index contributed by atoms with van der Waals surface area (Å²) in [7, 11) is 0. The molecular weight excluding hydrogens is 198 g/mol. The molecule has 1 aliphatic rings. The van der Waals surface area contributed by atoms with E-state index < -0.39 is 0 Å². The van der Waals surface area contributed by atoms with Crippen molar-refractivity contribution in [1.82, 2.24) is 4.98 Å². The van der Waals surface area contributed by atoms with Crippen LogP contribution in [0.15, 0.2) is 77.2 Å². The zero-order valence-corrected chi connectivity index (χ0v) is 8.74. The standard InChI is InChI=1S/C8H6N2.C5H5N/c1-6-9-7-4-2-3-5-8(7)10-6;1-2-4-6-5-3-1/h2-5H,1H2;1-5H. The fourth-order valence-electron chi connectivity index (χ4n) is 1.27. The van der Waals surface area contributed by atoms with Crippen molar-refractivity contribution in [2.75, 3.05) is 0 Å². The van der Waals surface area contributed by atoms with E-state index in [1.165, 1.54) is 0 Å². The van der Waals surface area contributed by atoms with Crippen LogP contribution in [0.5, 0.6) is 0 Å². The number of nitrogens with zero attached hydrogens (tertiary/aromatic N) is 3. The molecule has 1 aliphatic heterocycles. The smallest absolute Gasteiger partial charge is 0.146 e. The van der Waals surface area contributed by atoms with E-state index in [1.807, 2.05) is 42.5 Å². The molecule has 0 radical (unpaired) electrons. The third-order valence-corrected chi connectivity index (χ3v) is 1.95. The Balaban J connectivity index is 0.000000138. The third kappa shape index (κ3) is 2.60. The Morgan fingerprint density at radius 1 is 0.750 bits per heavy atom. The van der Waals surface area contributed by atoms with Crippen LogP contribution in [0, 0.1) is 0 Å². The molecule has 0 amide bonds. The second kappa shape index (κ2) is 4.98. The van der Waals surface area contributed by atoms with Crippen LogP contribution in [0.1, 0.15) is 0 Å². The van der Waals surface area contributed by atoms with E-state index in [2.05, 4.69) is 21.5 Å². The summed E-state index contributed by atoms with van der Waals surface area (Å²) in [5, 5.41) is 1.85. The van der Waals surface area contributed by atoms with Crippen molar-refractivity contribution in [1.29, 1.82) is 0 Å². The van der Waals surface area contributed by atoms with Crippen LogP contribution in [-0.4, -0.2) is 4.98 Å². The first-order valence-corrected chi connectivity index (χ1v) is 4.93. The molecule has 0 bridgehead atoms. The molecule has 0 atom stereocenters. The highest BCUT2D eigenvalue weighted by atomic mass is 15.0. The largest absolute Gasteiger partial charge is 0.265 e. The molecule has 0 unspecified atom stereocenters. The van der Waals surface area contributed by atoms with E-state index in [-0.39, 0.29) is 0 Å². The highest BCUT2D eigenvalue weighted by Gasteiger charge is 1.95. The minimum atomic E-state index is 0.598. The van der Waals surface area contributed by atoms with Crippen LogP contribution in [0.4, 0.5) is 0 Å². The minimum Gasteiger partial charge on any atom is -0.265 e. The summed E-state index contributed by atoms with van der Waals surface area (Å²) < 4.78 is 0. The van der Waals surface area contributed by atoms with E-state index in [4.69, 9.17) is 0 Å². The minimum absolute atomic E-state index is 0.598. The molecule has 1 aromatic carbocycles. The van der Waals surface area contributed by atoms with Gasteiger partial charge in [-0.25, -0.2) is 9.98 Å². The lowest BCUT2D eigenvalue weighted by Gasteiger charge is -1.75. The molecule has 0 saturated carbocycles. The van der Waals surface area contributed by atoms with E-state index in [0.29, 0.717) is 5.82 Å². The number of hydrogen-bond donors (Lipinski definition) is 0. The molecule has 0 fully saturated rings. The van der Waals surface area contributed by atoms with Gasteiger partial charge in [0.2, 0.25) is 0 Å². The molecule has 0 spiro atoms. The molecule has 16 heavy (non-hydrogen) atoms. The van der Waals surface area contributed by atoms with E-state index in [0.717, 1.165) is 10.7 Å². The first kappa shape index (κ1) is 10.2. The number of aromatic nitrogens is 1. The highest BCUT2D eigenvalue weighted by Crippen LogP contribution is 1.93. The average molecular weight is 209 g/mol. The molecule has 2 aromatic rings. The van der Waals surface area contributed by atoms with Crippen molar-refractivity contribution in [3.8, 4) is 0 Å². The number of fused-ring (bicyclic) bond motifs is 1. The summed E-state index contributed by atoms with van der Waals surface area (Å²) in [4.78, 5) is 12.0. The first-order valence-electron chi connectivity index (χ1n) is 4.93. The van der Waals surface area contributed by atoms with Crippen molar-refractivity contribution in [3.05, 3.63) is 78.0 Å². The molecule has 3 nitrogen and oxygen atoms in total. The molecule has 3 rings (SSSR count). The summed E-state index contributed by atoms with van der Waals surface area (Å²) in [5.74, 6) is 0.598. The van der Waals surface area contributed by atoms with E-state index >= 15 is 0 Å². The molecule has 78 valence electrons. The lowest BCUT2D eigenvalue weighted by molar-refractivity contribution is 1.24. The maximum absolute atomic E-state index is 4.09. The van der Waals surface area contributed by atoms with Gasteiger partial charge in [0, 0.05) is 12.4 Å². The fourth-order valence-corrected chi connectivity index (χ4v) is 1.27. The Labute approximate surface area is 93.5 Å². The van der Waals surface area contributed by atoms with Crippen LogP contribution in [0.2, 0.25) is 0 Å². The number of pyridine rings is 1. The Morgan fingerprint density at radius 3 is 1.69 bits per heavy atom.